The zero-order valence-electron chi connectivity index (χ0n) is 17.7. The molecule has 8 heteroatoms. The van der Waals surface area contributed by atoms with Crippen LogP contribution < -0.4 is 5.43 Å². The number of nitrogens with one attached hydrogen (secondary N) is 1. The molecule has 5 rings (SSSR count). The predicted molar refractivity (Wildman–Crippen MR) is 131 cm³/mol. The Morgan fingerprint density at radius 2 is 1.91 bits per heavy atom. The number of aromatic nitrogens is 1. The third kappa shape index (κ3) is 4.29. The maximum absolute atomic E-state index is 12.5. The Balaban J connectivity index is 1.37. The first-order chi connectivity index (χ1) is 16.5. The lowest BCUT2D eigenvalue weighted by Crippen LogP contribution is -2.16. The standard InChI is InChI=1S/C26H18ClN3O4/c27-20-8-9-23-18(11-20)12-24(34-23)25(31)29-28-13-19-15-30(22-7-2-1-6-21(19)22)14-16-4-3-5-17(10-16)26(32)33/h1-13,15H,14H2,(H,29,31)(H,32,33)/b28-13+. The van der Waals surface area contributed by atoms with E-state index in [2.05, 4.69) is 10.5 Å². The fourth-order valence-corrected chi connectivity index (χ4v) is 4.03. The predicted octanol–water partition coefficient (Wildman–Crippen LogP) is 5.55. The minimum Gasteiger partial charge on any atom is -0.478 e. The zero-order chi connectivity index (χ0) is 23.7. The molecule has 7 nitrogen and oxygen atoms in total. The van der Waals surface area contributed by atoms with E-state index in [1.165, 1.54) is 0 Å². The Morgan fingerprint density at radius 3 is 2.76 bits per heavy atom. The van der Waals surface area contributed by atoms with Crippen molar-refractivity contribution in [3.8, 4) is 0 Å². The molecule has 0 aliphatic carbocycles. The Hall–Kier alpha value is -4.36. The molecule has 0 bridgehead atoms. The van der Waals surface area contributed by atoms with Crippen molar-refractivity contribution in [1.82, 2.24) is 9.99 Å². The summed E-state index contributed by atoms with van der Waals surface area (Å²) in [7, 11) is 0. The number of carboxylic acid groups (broad SMARTS) is 1. The molecule has 2 heterocycles. The maximum Gasteiger partial charge on any atom is 0.335 e. The number of fused-ring (bicyclic) bond motifs is 2. The Kier molecular flexibility index (Phi) is 5.61. The molecule has 0 atom stereocenters. The number of hydrazone groups is 1. The second kappa shape index (κ2) is 8.88. The van der Waals surface area contributed by atoms with Gasteiger partial charge in [-0.1, -0.05) is 41.9 Å². The molecule has 5 aromatic rings. The molecule has 0 fully saturated rings. The Morgan fingerprint density at radius 1 is 1.06 bits per heavy atom. The highest BCUT2D eigenvalue weighted by atomic mass is 35.5. The monoisotopic (exact) mass is 471 g/mol. The number of amides is 1. The van der Waals surface area contributed by atoms with Crippen LogP contribution in [-0.2, 0) is 6.54 Å². The summed E-state index contributed by atoms with van der Waals surface area (Å²) in [6.45, 7) is 0.489. The van der Waals surface area contributed by atoms with Gasteiger partial charge < -0.3 is 14.1 Å². The highest BCUT2D eigenvalue weighted by Gasteiger charge is 2.13. The smallest absolute Gasteiger partial charge is 0.335 e. The number of halogens is 1. The summed E-state index contributed by atoms with van der Waals surface area (Å²) in [5, 5.41) is 15.6. The number of benzene rings is 3. The lowest BCUT2D eigenvalue weighted by Gasteiger charge is -2.06. The number of rotatable bonds is 6. The van der Waals surface area contributed by atoms with Crippen LogP contribution >= 0.6 is 11.6 Å². The Labute approximate surface area is 198 Å². The van der Waals surface area contributed by atoms with Gasteiger partial charge in [0.1, 0.15) is 5.58 Å². The van der Waals surface area contributed by atoms with Crippen LogP contribution in [0.5, 0.6) is 0 Å². The van der Waals surface area contributed by atoms with Crippen molar-refractivity contribution in [1.29, 1.82) is 0 Å². The molecule has 168 valence electrons. The fraction of sp³-hybridized carbons (Fsp3) is 0.0385. The average molecular weight is 472 g/mol. The van der Waals surface area contributed by atoms with Gasteiger partial charge in [0, 0.05) is 39.6 Å². The number of nitrogens with zero attached hydrogens (tertiary/aromatic N) is 2. The summed E-state index contributed by atoms with van der Waals surface area (Å²) >= 11 is 5.99. The number of hydrogen-bond donors (Lipinski definition) is 2. The number of furan rings is 1. The lowest BCUT2D eigenvalue weighted by atomic mass is 10.1. The van der Waals surface area contributed by atoms with Gasteiger partial charge in [-0.3, -0.25) is 4.79 Å². The van der Waals surface area contributed by atoms with Gasteiger partial charge in [-0.25, -0.2) is 10.2 Å². The first kappa shape index (κ1) is 21.5. The van der Waals surface area contributed by atoms with E-state index in [0.717, 1.165) is 27.4 Å². The first-order valence-corrected chi connectivity index (χ1v) is 10.8. The minimum atomic E-state index is -0.963. The van der Waals surface area contributed by atoms with E-state index in [4.69, 9.17) is 16.0 Å². The highest BCUT2D eigenvalue weighted by Crippen LogP contribution is 2.24. The van der Waals surface area contributed by atoms with Crippen molar-refractivity contribution in [2.45, 2.75) is 6.54 Å². The van der Waals surface area contributed by atoms with Crippen molar-refractivity contribution < 1.29 is 19.1 Å². The fourth-order valence-electron chi connectivity index (χ4n) is 3.85. The SMILES string of the molecule is O=C(O)c1cccc(Cn2cc(/C=N/NC(=O)c3cc4cc(Cl)ccc4o3)c3ccccc32)c1. The van der Waals surface area contributed by atoms with E-state index in [9.17, 15) is 14.7 Å². The van der Waals surface area contributed by atoms with Crippen molar-refractivity contribution >= 4 is 51.6 Å². The second-order valence-electron chi connectivity index (χ2n) is 7.73. The van der Waals surface area contributed by atoms with Gasteiger partial charge in [-0.15, -0.1) is 0 Å². The van der Waals surface area contributed by atoms with E-state index in [1.54, 1.807) is 48.7 Å². The molecule has 0 spiro atoms. The zero-order valence-corrected chi connectivity index (χ0v) is 18.5. The molecule has 0 saturated carbocycles. The number of aromatic carboxylic acids is 1. The van der Waals surface area contributed by atoms with Gasteiger partial charge in [-0.05, 0) is 48.0 Å². The van der Waals surface area contributed by atoms with Crippen LogP contribution in [0.4, 0.5) is 0 Å². The molecule has 0 aliphatic heterocycles. The van der Waals surface area contributed by atoms with Crippen molar-refractivity contribution in [3.05, 3.63) is 106 Å². The van der Waals surface area contributed by atoms with Gasteiger partial charge in [0.25, 0.3) is 0 Å². The van der Waals surface area contributed by atoms with Crippen LogP contribution in [-0.4, -0.2) is 27.8 Å². The molecule has 3 aromatic carbocycles. The number of hydrogen-bond acceptors (Lipinski definition) is 4. The molecular weight excluding hydrogens is 454 g/mol. The molecular formula is C26H18ClN3O4. The number of para-hydroxylation sites is 1. The minimum absolute atomic E-state index is 0.134. The number of carbonyl (C=O) groups is 2. The molecule has 2 aromatic heterocycles. The highest BCUT2D eigenvalue weighted by molar-refractivity contribution is 6.31. The second-order valence-corrected chi connectivity index (χ2v) is 8.16. The number of carbonyl (C=O) groups excluding carboxylic acids is 1. The largest absolute Gasteiger partial charge is 0.478 e. The third-order valence-electron chi connectivity index (χ3n) is 5.42. The number of carboxylic acids is 1. The molecule has 0 unspecified atom stereocenters. The van der Waals surface area contributed by atoms with Crippen LogP contribution in [0.15, 0.2) is 88.5 Å². The maximum atomic E-state index is 12.5. The van der Waals surface area contributed by atoms with Crippen LogP contribution in [0.3, 0.4) is 0 Å². The summed E-state index contributed by atoms with van der Waals surface area (Å²) < 4.78 is 7.58. The third-order valence-corrected chi connectivity index (χ3v) is 5.65. The molecule has 0 radical (unpaired) electrons. The summed E-state index contributed by atoms with van der Waals surface area (Å²) in [5.41, 5.74) is 5.93. The summed E-state index contributed by atoms with van der Waals surface area (Å²) in [4.78, 5) is 23.8. The van der Waals surface area contributed by atoms with E-state index < -0.39 is 11.9 Å². The van der Waals surface area contributed by atoms with E-state index in [1.807, 2.05) is 41.1 Å². The van der Waals surface area contributed by atoms with Crippen molar-refractivity contribution in [2.24, 2.45) is 5.10 Å². The lowest BCUT2D eigenvalue weighted by molar-refractivity contribution is 0.0696. The van der Waals surface area contributed by atoms with Crippen molar-refractivity contribution in [2.75, 3.05) is 0 Å². The van der Waals surface area contributed by atoms with Gasteiger partial charge in [0.05, 0.1) is 11.8 Å². The van der Waals surface area contributed by atoms with E-state index in [0.29, 0.717) is 17.2 Å². The van der Waals surface area contributed by atoms with Crippen molar-refractivity contribution in [3.63, 3.8) is 0 Å². The van der Waals surface area contributed by atoms with Crippen LogP contribution in [0.2, 0.25) is 5.02 Å². The van der Waals surface area contributed by atoms with E-state index >= 15 is 0 Å². The molecule has 34 heavy (non-hydrogen) atoms. The first-order valence-electron chi connectivity index (χ1n) is 10.4. The summed E-state index contributed by atoms with van der Waals surface area (Å²) in [5.74, 6) is -1.30. The van der Waals surface area contributed by atoms with Crippen LogP contribution in [0, 0.1) is 0 Å². The van der Waals surface area contributed by atoms with E-state index in [-0.39, 0.29) is 11.3 Å². The van der Waals surface area contributed by atoms with Gasteiger partial charge >= 0.3 is 11.9 Å². The molecule has 0 aliphatic rings. The summed E-state index contributed by atoms with van der Waals surface area (Å²) in [6.07, 6.45) is 3.49. The van der Waals surface area contributed by atoms with Gasteiger partial charge in [0.2, 0.25) is 0 Å². The van der Waals surface area contributed by atoms with Gasteiger partial charge in [-0.2, -0.15) is 5.10 Å². The topological polar surface area (TPSA) is 96.8 Å². The molecule has 0 saturated heterocycles. The van der Waals surface area contributed by atoms with Crippen LogP contribution in [0.25, 0.3) is 21.9 Å². The normalized spacial score (nSPS) is 11.4. The summed E-state index contributed by atoms with van der Waals surface area (Å²) in [6, 6.07) is 21.4. The molecule has 2 N–H and O–H groups in total. The Bertz CT molecular complexity index is 1580. The van der Waals surface area contributed by atoms with Crippen LogP contribution in [0.1, 0.15) is 32.0 Å². The van der Waals surface area contributed by atoms with Gasteiger partial charge in [0.15, 0.2) is 5.76 Å². The molecule has 1 amide bonds. The average Bonchev–Trinajstić information content (AvgIpc) is 3.41. The quantitative estimate of drug-likeness (QED) is 0.250.